The molecule has 3 N–H and O–H groups in total. The van der Waals surface area contributed by atoms with Crippen molar-refractivity contribution in [3.8, 4) is 0 Å². The fourth-order valence-corrected chi connectivity index (χ4v) is 3.60. The lowest BCUT2D eigenvalue weighted by molar-refractivity contribution is -0.134. The lowest BCUT2D eigenvalue weighted by Gasteiger charge is -2.38. The lowest BCUT2D eigenvalue weighted by atomic mass is 9.74. The van der Waals surface area contributed by atoms with Gasteiger partial charge >= 0.3 is 0 Å². The molecule has 1 saturated heterocycles. The van der Waals surface area contributed by atoms with Gasteiger partial charge in [0.15, 0.2) is 0 Å². The van der Waals surface area contributed by atoms with Crippen molar-refractivity contribution in [1.29, 1.82) is 0 Å². The first-order valence-corrected chi connectivity index (χ1v) is 8.55. The van der Waals surface area contributed by atoms with Gasteiger partial charge in [-0.3, -0.25) is 4.79 Å². The van der Waals surface area contributed by atoms with E-state index >= 15 is 0 Å². The van der Waals surface area contributed by atoms with E-state index in [0.717, 1.165) is 51.6 Å². The maximum atomic E-state index is 12.6. The highest BCUT2D eigenvalue weighted by atomic mass is 16.3. The third kappa shape index (κ3) is 4.19. The van der Waals surface area contributed by atoms with Crippen LogP contribution < -0.4 is 10.6 Å². The first kappa shape index (κ1) is 16.8. The molecule has 2 aliphatic rings. The smallest absolute Gasteiger partial charge is 0.226 e. The summed E-state index contributed by atoms with van der Waals surface area (Å²) in [6, 6.07) is 0. The predicted octanol–water partition coefficient (Wildman–Crippen LogP) is 2.07. The molecule has 1 saturated carbocycles. The molecule has 122 valence electrons. The van der Waals surface area contributed by atoms with E-state index in [0.29, 0.717) is 18.4 Å². The van der Waals surface area contributed by atoms with Crippen molar-refractivity contribution < 1.29 is 9.90 Å². The summed E-state index contributed by atoms with van der Waals surface area (Å²) in [6.45, 7) is 8.69. The first-order valence-electron chi connectivity index (χ1n) is 8.55. The standard InChI is InChI=1S/C17H32N2O2/c1-13-6-8-17(21,9-7-13)12-19-15(20)16(2,3)14-5-4-10-18-11-14/h13-14,18,21H,4-12H2,1-3H3,(H,19,20). The summed E-state index contributed by atoms with van der Waals surface area (Å²) in [4.78, 5) is 12.6. The van der Waals surface area contributed by atoms with Crippen LogP contribution in [0.15, 0.2) is 0 Å². The summed E-state index contributed by atoms with van der Waals surface area (Å²) in [7, 11) is 0. The molecular weight excluding hydrogens is 264 g/mol. The molecule has 0 bridgehead atoms. The molecule has 21 heavy (non-hydrogen) atoms. The molecule has 0 aromatic heterocycles. The highest BCUT2D eigenvalue weighted by Gasteiger charge is 2.39. The molecule has 1 atom stereocenters. The molecule has 0 aromatic rings. The van der Waals surface area contributed by atoms with Crippen molar-refractivity contribution in [1.82, 2.24) is 10.6 Å². The molecule has 1 aliphatic heterocycles. The summed E-state index contributed by atoms with van der Waals surface area (Å²) in [5.41, 5.74) is -1.06. The van der Waals surface area contributed by atoms with Crippen molar-refractivity contribution in [3.63, 3.8) is 0 Å². The van der Waals surface area contributed by atoms with Crippen LogP contribution >= 0.6 is 0 Å². The van der Waals surface area contributed by atoms with E-state index in [9.17, 15) is 9.90 Å². The molecule has 1 amide bonds. The van der Waals surface area contributed by atoms with E-state index < -0.39 is 5.60 Å². The summed E-state index contributed by atoms with van der Waals surface area (Å²) < 4.78 is 0. The highest BCUT2D eigenvalue weighted by Crippen LogP contribution is 2.34. The van der Waals surface area contributed by atoms with Crippen LogP contribution in [0.1, 0.15) is 59.3 Å². The van der Waals surface area contributed by atoms with Gasteiger partial charge in [0, 0.05) is 12.0 Å². The van der Waals surface area contributed by atoms with Crippen LogP contribution in [0.5, 0.6) is 0 Å². The Kier molecular flexibility index (Phi) is 5.31. The average Bonchev–Trinajstić information content (AvgIpc) is 2.49. The van der Waals surface area contributed by atoms with Gasteiger partial charge in [-0.15, -0.1) is 0 Å². The summed E-state index contributed by atoms with van der Waals surface area (Å²) >= 11 is 0. The number of nitrogens with one attached hydrogen (secondary N) is 2. The quantitative estimate of drug-likeness (QED) is 0.744. The minimum atomic E-state index is -0.691. The Morgan fingerprint density at radius 1 is 1.33 bits per heavy atom. The monoisotopic (exact) mass is 296 g/mol. The zero-order chi connectivity index (χ0) is 15.5. The van der Waals surface area contributed by atoms with Crippen LogP contribution in [0.25, 0.3) is 0 Å². The first-order chi connectivity index (χ1) is 9.83. The van der Waals surface area contributed by atoms with Gasteiger partial charge in [-0.1, -0.05) is 20.8 Å². The second-order valence-corrected chi connectivity index (χ2v) is 7.85. The fourth-order valence-electron chi connectivity index (χ4n) is 3.60. The van der Waals surface area contributed by atoms with Crippen molar-refractivity contribution in [2.75, 3.05) is 19.6 Å². The molecule has 1 aliphatic carbocycles. The van der Waals surface area contributed by atoms with Crippen molar-refractivity contribution in [2.24, 2.45) is 17.3 Å². The third-order valence-corrected chi connectivity index (χ3v) is 5.69. The zero-order valence-corrected chi connectivity index (χ0v) is 13.9. The predicted molar refractivity (Wildman–Crippen MR) is 85.0 cm³/mol. The van der Waals surface area contributed by atoms with Crippen LogP contribution in [-0.2, 0) is 4.79 Å². The molecule has 0 aromatic carbocycles. The number of amides is 1. The van der Waals surface area contributed by atoms with Crippen molar-refractivity contribution in [3.05, 3.63) is 0 Å². The number of hydrogen-bond acceptors (Lipinski definition) is 3. The van der Waals surface area contributed by atoms with Crippen molar-refractivity contribution >= 4 is 5.91 Å². The zero-order valence-electron chi connectivity index (χ0n) is 13.9. The summed E-state index contributed by atoms with van der Waals surface area (Å²) in [6.07, 6.45) is 5.97. The van der Waals surface area contributed by atoms with Crippen molar-refractivity contribution in [2.45, 2.75) is 64.9 Å². The van der Waals surface area contributed by atoms with Crippen LogP contribution in [0.3, 0.4) is 0 Å². The Morgan fingerprint density at radius 2 is 2.00 bits per heavy atom. The van der Waals surface area contributed by atoms with Crippen LogP contribution in [0, 0.1) is 17.3 Å². The Labute approximate surface area is 129 Å². The Hall–Kier alpha value is -0.610. The molecule has 2 rings (SSSR count). The molecule has 1 heterocycles. The number of rotatable bonds is 4. The summed E-state index contributed by atoms with van der Waals surface area (Å²) in [5.74, 6) is 1.17. The minimum absolute atomic E-state index is 0.0863. The van der Waals surface area contributed by atoms with Gasteiger partial charge in [-0.2, -0.15) is 0 Å². The van der Waals surface area contributed by atoms with Gasteiger partial charge in [0.05, 0.1) is 5.60 Å². The second kappa shape index (κ2) is 6.66. The number of aliphatic hydroxyl groups is 1. The SMILES string of the molecule is CC1CCC(O)(CNC(=O)C(C)(C)C2CCCNC2)CC1. The van der Waals surface area contributed by atoms with E-state index in [1.807, 2.05) is 13.8 Å². The summed E-state index contributed by atoms with van der Waals surface area (Å²) in [5, 5.41) is 17.0. The van der Waals surface area contributed by atoms with Crippen LogP contribution in [0.2, 0.25) is 0 Å². The Bertz CT molecular complexity index is 354. The Morgan fingerprint density at radius 3 is 2.57 bits per heavy atom. The number of hydrogen-bond donors (Lipinski definition) is 3. The molecule has 0 spiro atoms. The van der Waals surface area contributed by atoms with E-state index in [2.05, 4.69) is 17.6 Å². The number of carbonyl (C=O) groups excluding carboxylic acids is 1. The molecule has 0 radical (unpaired) electrons. The van der Waals surface area contributed by atoms with E-state index in [-0.39, 0.29) is 11.3 Å². The van der Waals surface area contributed by atoms with Gasteiger partial charge in [0.2, 0.25) is 5.91 Å². The normalized spacial score (nSPS) is 34.5. The number of carbonyl (C=O) groups is 1. The second-order valence-electron chi connectivity index (χ2n) is 7.85. The molecule has 2 fully saturated rings. The largest absolute Gasteiger partial charge is 0.388 e. The van der Waals surface area contributed by atoms with E-state index in [1.54, 1.807) is 0 Å². The molecule has 4 heteroatoms. The van der Waals surface area contributed by atoms with Gasteiger partial charge in [-0.05, 0) is 63.5 Å². The van der Waals surface area contributed by atoms with Gasteiger partial charge in [0.25, 0.3) is 0 Å². The lowest BCUT2D eigenvalue weighted by Crippen LogP contribution is -2.51. The topological polar surface area (TPSA) is 61.4 Å². The van der Waals surface area contributed by atoms with E-state index in [4.69, 9.17) is 0 Å². The third-order valence-electron chi connectivity index (χ3n) is 5.69. The minimum Gasteiger partial charge on any atom is -0.388 e. The Balaban J connectivity index is 1.85. The highest BCUT2D eigenvalue weighted by molar-refractivity contribution is 5.82. The number of piperidine rings is 1. The van der Waals surface area contributed by atoms with Gasteiger partial charge < -0.3 is 15.7 Å². The average molecular weight is 296 g/mol. The fraction of sp³-hybridized carbons (Fsp3) is 0.941. The molecule has 1 unspecified atom stereocenters. The van der Waals surface area contributed by atoms with E-state index in [1.165, 1.54) is 0 Å². The van der Waals surface area contributed by atoms with Crippen LogP contribution in [-0.4, -0.2) is 36.2 Å². The maximum absolute atomic E-state index is 12.6. The van der Waals surface area contributed by atoms with Crippen LogP contribution in [0.4, 0.5) is 0 Å². The maximum Gasteiger partial charge on any atom is 0.226 e. The molecule has 4 nitrogen and oxygen atoms in total. The van der Waals surface area contributed by atoms with Gasteiger partial charge in [0.1, 0.15) is 0 Å². The molecular formula is C17H32N2O2. The van der Waals surface area contributed by atoms with Gasteiger partial charge in [-0.25, -0.2) is 0 Å².